The second-order valence-electron chi connectivity index (χ2n) is 8.47. The number of carbonyl (C=O) groups is 1. The normalized spacial score (nSPS) is 17.3. The van der Waals surface area contributed by atoms with E-state index in [-0.39, 0.29) is 11.9 Å². The lowest BCUT2D eigenvalue weighted by molar-refractivity contribution is 0.0684. The topological polar surface area (TPSA) is 71.1 Å². The lowest BCUT2D eigenvalue weighted by Gasteiger charge is -2.35. The molecule has 2 aliphatic rings. The molecule has 0 radical (unpaired) electrons. The number of benzene rings is 1. The third-order valence-corrected chi connectivity index (χ3v) is 6.70. The number of para-hydroxylation sites is 1. The van der Waals surface area contributed by atoms with Crippen LogP contribution in [0.1, 0.15) is 51.0 Å². The molecule has 0 fully saturated rings. The Hall–Kier alpha value is -3.67. The molecule has 0 unspecified atom stereocenters. The number of ether oxygens (including phenoxy) is 1. The molecule has 0 bridgehead atoms. The molecule has 3 aromatic heterocycles. The van der Waals surface area contributed by atoms with Crippen LogP contribution in [-0.4, -0.2) is 39.4 Å². The Morgan fingerprint density at radius 1 is 1.12 bits per heavy atom. The van der Waals surface area contributed by atoms with Crippen molar-refractivity contribution in [1.29, 1.82) is 0 Å². The van der Waals surface area contributed by atoms with Gasteiger partial charge in [0.15, 0.2) is 0 Å². The number of fused-ring (bicyclic) bond motifs is 4. The fraction of sp³-hybridized carbons (Fsp3) is 0.269. The second-order valence-corrected chi connectivity index (χ2v) is 8.47. The third kappa shape index (κ3) is 2.90. The van der Waals surface area contributed by atoms with Crippen LogP contribution in [0.2, 0.25) is 0 Å². The Kier molecular flexibility index (Phi) is 4.45. The van der Waals surface area contributed by atoms with Gasteiger partial charge in [-0.3, -0.25) is 9.78 Å². The van der Waals surface area contributed by atoms with Crippen LogP contribution >= 0.6 is 0 Å². The molecule has 1 aliphatic carbocycles. The SMILES string of the molecule is COc1nc2c(cc1C(=O)N1CCc3c([nH]c4ccccc34)[C@H]1c1ccccn1)CCC2. The molecule has 1 N–H and O–H groups in total. The summed E-state index contributed by atoms with van der Waals surface area (Å²) in [5.74, 6) is 0.349. The highest BCUT2D eigenvalue weighted by molar-refractivity contribution is 5.98. The number of methoxy groups -OCH3 is 1. The summed E-state index contributed by atoms with van der Waals surface area (Å²) >= 11 is 0. The number of aromatic nitrogens is 3. The van der Waals surface area contributed by atoms with Crippen LogP contribution in [-0.2, 0) is 19.3 Å². The zero-order valence-corrected chi connectivity index (χ0v) is 18.0. The number of hydrogen-bond donors (Lipinski definition) is 1. The van der Waals surface area contributed by atoms with E-state index in [0.717, 1.165) is 53.8 Å². The lowest BCUT2D eigenvalue weighted by Crippen LogP contribution is -2.41. The summed E-state index contributed by atoms with van der Waals surface area (Å²) in [6, 6.07) is 15.9. The molecule has 6 heteroatoms. The van der Waals surface area contributed by atoms with Crippen molar-refractivity contribution < 1.29 is 9.53 Å². The number of aromatic amines is 1. The zero-order chi connectivity index (χ0) is 21.7. The molecule has 1 aliphatic heterocycles. The van der Waals surface area contributed by atoms with E-state index in [1.54, 1.807) is 13.3 Å². The van der Waals surface area contributed by atoms with Crippen molar-refractivity contribution in [2.24, 2.45) is 0 Å². The molecule has 1 atom stereocenters. The minimum Gasteiger partial charge on any atom is -0.480 e. The summed E-state index contributed by atoms with van der Waals surface area (Å²) in [5, 5.41) is 1.22. The Balaban J connectivity index is 1.49. The van der Waals surface area contributed by atoms with Gasteiger partial charge < -0.3 is 14.6 Å². The van der Waals surface area contributed by atoms with E-state index in [4.69, 9.17) is 4.74 Å². The molecule has 0 spiro atoms. The van der Waals surface area contributed by atoms with Crippen molar-refractivity contribution in [1.82, 2.24) is 19.9 Å². The van der Waals surface area contributed by atoms with Crippen LogP contribution in [0.3, 0.4) is 0 Å². The molecule has 32 heavy (non-hydrogen) atoms. The second kappa shape index (κ2) is 7.48. The zero-order valence-electron chi connectivity index (χ0n) is 18.0. The number of H-pyrrole nitrogens is 1. The van der Waals surface area contributed by atoms with Gasteiger partial charge >= 0.3 is 0 Å². The van der Waals surface area contributed by atoms with Gasteiger partial charge in [0.2, 0.25) is 5.88 Å². The summed E-state index contributed by atoms with van der Waals surface area (Å²) in [7, 11) is 1.59. The van der Waals surface area contributed by atoms with Gasteiger partial charge in [-0.15, -0.1) is 0 Å². The molecule has 4 aromatic rings. The van der Waals surface area contributed by atoms with Gasteiger partial charge in [0.1, 0.15) is 11.6 Å². The fourth-order valence-corrected chi connectivity index (χ4v) is 5.22. The van der Waals surface area contributed by atoms with Crippen LogP contribution in [0, 0.1) is 0 Å². The standard InChI is InChI=1S/C26H24N4O2/c1-32-25-19(15-16-7-6-11-20(16)29-25)26(31)30-14-12-18-17-8-2-3-9-21(17)28-23(18)24(30)22-10-4-5-13-27-22/h2-5,8-10,13,15,24,28H,6-7,11-12,14H2,1H3/t24-/m1/s1. The van der Waals surface area contributed by atoms with Crippen LogP contribution in [0.25, 0.3) is 10.9 Å². The largest absolute Gasteiger partial charge is 0.480 e. The molecule has 6 nitrogen and oxygen atoms in total. The lowest BCUT2D eigenvalue weighted by atomic mass is 9.94. The summed E-state index contributed by atoms with van der Waals surface area (Å²) in [6.07, 6.45) is 5.55. The van der Waals surface area contributed by atoms with Crippen molar-refractivity contribution in [2.75, 3.05) is 13.7 Å². The maximum absolute atomic E-state index is 14.0. The van der Waals surface area contributed by atoms with Crippen molar-refractivity contribution in [2.45, 2.75) is 31.7 Å². The monoisotopic (exact) mass is 424 g/mol. The van der Waals surface area contributed by atoms with Crippen molar-refractivity contribution >= 4 is 16.8 Å². The molecular weight excluding hydrogens is 400 g/mol. The van der Waals surface area contributed by atoms with E-state index >= 15 is 0 Å². The molecule has 0 saturated heterocycles. The van der Waals surface area contributed by atoms with Crippen LogP contribution < -0.4 is 4.74 Å². The number of nitrogens with zero attached hydrogens (tertiary/aromatic N) is 3. The van der Waals surface area contributed by atoms with Crippen LogP contribution in [0.5, 0.6) is 5.88 Å². The van der Waals surface area contributed by atoms with Gasteiger partial charge in [-0.2, -0.15) is 0 Å². The van der Waals surface area contributed by atoms with Crippen LogP contribution in [0.4, 0.5) is 0 Å². The minimum absolute atomic E-state index is 0.0657. The van der Waals surface area contributed by atoms with Gasteiger partial charge in [-0.25, -0.2) is 4.98 Å². The smallest absolute Gasteiger partial charge is 0.260 e. The third-order valence-electron chi connectivity index (χ3n) is 6.70. The summed E-state index contributed by atoms with van der Waals surface area (Å²) in [5.41, 5.74) is 6.99. The number of pyridine rings is 2. The molecule has 1 aromatic carbocycles. The maximum atomic E-state index is 14.0. The van der Waals surface area contributed by atoms with E-state index in [9.17, 15) is 4.79 Å². The highest BCUT2D eigenvalue weighted by Gasteiger charge is 2.37. The van der Waals surface area contributed by atoms with E-state index in [1.807, 2.05) is 35.2 Å². The first-order valence-electron chi connectivity index (χ1n) is 11.1. The van der Waals surface area contributed by atoms with Gasteiger partial charge in [0, 0.05) is 35.0 Å². The molecule has 0 saturated carbocycles. The Labute approximate surface area is 186 Å². The molecular formula is C26H24N4O2. The molecule has 160 valence electrons. The summed E-state index contributed by atoms with van der Waals surface area (Å²) in [4.78, 5) is 28.8. The predicted molar refractivity (Wildman–Crippen MR) is 122 cm³/mol. The average Bonchev–Trinajstić information content (AvgIpc) is 3.46. The molecule has 6 rings (SSSR count). The van der Waals surface area contributed by atoms with Crippen molar-refractivity contribution in [3.63, 3.8) is 0 Å². The number of carbonyl (C=O) groups excluding carboxylic acids is 1. The Morgan fingerprint density at radius 3 is 2.84 bits per heavy atom. The van der Waals surface area contributed by atoms with Gasteiger partial charge in [-0.05, 0) is 61.1 Å². The number of hydrogen-bond acceptors (Lipinski definition) is 4. The average molecular weight is 425 g/mol. The highest BCUT2D eigenvalue weighted by atomic mass is 16.5. The van der Waals surface area contributed by atoms with E-state index < -0.39 is 0 Å². The van der Waals surface area contributed by atoms with Crippen molar-refractivity contribution in [3.05, 3.63) is 88.5 Å². The molecule has 1 amide bonds. The van der Waals surface area contributed by atoms with Gasteiger partial charge in [-0.1, -0.05) is 24.3 Å². The first kappa shape index (κ1) is 19.0. The highest BCUT2D eigenvalue weighted by Crippen LogP contribution is 2.39. The Bertz CT molecular complexity index is 1330. The summed E-state index contributed by atoms with van der Waals surface area (Å²) in [6.45, 7) is 0.606. The quantitative estimate of drug-likeness (QED) is 0.534. The van der Waals surface area contributed by atoms with E-state index in [0.29, 0.717) is 18.0 Å². The van der Waals surface area contributed by atoms with Crippen LogP contribution in [0.15, 0.2) is 54.7 Å². The minimum atomic E-state index is -0.294. The number of aryl methyl sites for hydroxylation is 2. The Morgan fingerprint density at radius 2 is 2.00 bits per heavy atom. The number of nitrogens with one attached hydrogen (secondary N) is 1. The first-order valence-corrected chi connectivity index (χ1v) is 11.1. The summed E-state index contributed by atoms with van der Waals surface area (Å²) < 4.78 is 5.56. The van der Waals surface area contributed by atoms with E-state index in [1.165, 1.54) is 10.9 Å². The molecule has 4 heterocycles. The van der Waals surface area contributed by atoms with Gasteiger partial charge in [0.25, 0.3) is 5.91 Å². The fourth-order valence-electron chi connectivity index (χ4n) is 5.22. The predicted octanol–water partition coefficient (Wildman–Crippen LogP) is 4.24. The van der Waals surface area contributed by atoms with Crippen molar-refractivity contribution in [3.8, 4) is 5.88 Å². The number of amides is 1. The van der Waals surface area contributed by atoms with E-state index in [2.05, 4.69) is 33.2 Å². The number of rotatable bonds is 3. The maximum Gasteiger partial charge on any atom is 0.260 e. The van der Waals surface area contributed by atoms with Gasteiger partial charge in [0.05, 0.1) is 12.8 Å². The first-order chi connectivity index (χ1) is 15.7.